The Hall–Kier alpha value is -1.88. The lowest BCUT2D eigenvalue weighted by Crippen LogP contribution is -2.40. The van der Waals surface area contributed by atoms with E-state index in [0.717, 1.165) is 36.9 Å². The molecule has 1 amide bonds. The lowest BCUT2D eigenvalue weighted by Gasteiger charge is -2.29. The van der Waals surface area contributed by atoms with E-state index in [9.17, 15) is 9.59 Å². The fourth-order valence-corrected chi connectivity index (χ4v) is 4.08. The van der Waals surface area contributed by atoms with Crippen LogP contribution in [0.2, 0.25) is 0 Å². The van der Waals surface area contributed by atoms with Gasteiger partial charge in [-0.1, -0.05) is 12.8 Å². The lowest BCUT2D eigenvalue weighted by molar-refractivity contribution is 0.0662. The molecule has 1 fully saturated rings. The molecule has 5 heteroatoms. The summed E-state index contributed by atoms with van der Waals surface area (Å²) in [4.78, 5) is 30.5. The smallest absolute Gasteiger partial charge is 0.260 e. The van der Waals surface area contributed by atoms with E-state index in [-0.39, 0.29) is 22.9 Å². The fraction of sp³-hybridized carbons (Fsp3) is 0.444. The van der Waals surface area contributed by atoms with Gasteiger partial charge in [0.25, 0.3) is 5.91 Å². The van der Waals surface area contributed by atoms with Crippen molar-refractivity contribution in [1.82, 2.24) is 9.88 Å². The average Bonchev–Trinajstić information content (AvgIpc) is 3.17. The third kappa shape index (κ3) is 3.39. The predicted octanol–water partition coefficient (Wildman–Crippen LogP) is 3.64. The van der Waals surface area contributed by atoms with E-state index in [1.165, 1.54) is 6.07 Å². The van der Waals surface area contributed by atoms with Gasteiger partial charge in [-0.15, -0.1) is 0 Å². The quantitative estimate of drug-likeness (QED) is 0.930. The van der Waals surface area contributed by atoms with Crippen molar-refractivity contribution in [3.8, 4) is 0 Å². The molecule has 2 aromatic heterocycles. The summed E-state index contributed by atoms with van der Waals surface area (Å²) >= 11 is 1.63. The van der Waals surface area contributed by atoms with Crippen LogP contribution in [0.3, 0.4) is 0 Å². The zero-order valence-corrected chi connectivity index (χ0v) is 14.4. The van der Waals surface area contributed by atoms with Gasteiger partial charge in [0, 0.05) is 30.0 Å². The van der Waals surface area contributed by atoms with Gasteiger partial charge in [-0.25, -0.2) is 0 Å². The molecule has 0 atom stereocenters. The van der Waals surface area contributed by atoms with Crippen LogP contribution < -0.4 is 5.43 Å². The van der Waals surface area contributed by atoms with Crippen LogP contribution in [0, 0.1) is 13.8 Å². The van der Waals surface area contributed by atoms with Crippen molar-refractivity contribution in [3.63, 3.8) is 0 Å². The highest BCUT2D eigenvalue weighted by atomic mass is 32.1. The van der Waals surface area contributed by atoms with Gasteiger partial charge in [0.2, 0.25) is 0 Å². The maximum atomic E-state index is 13.1. The zero-order chi connectivity index (χ0) is 16.4. The van der Waals surface area contributed by atoms with Gasteiger partial charge in [-0.3, -0.25) is 9.59 Å². The largest absolute Gasteiger partial charge is 0.362 e. The number of nitrogens with one attached hydrogen (secondary N) is 1. The van der Waals surface area contributed by atoms with E-state index >= 15 is 0 Å². The number of aromatic amines is 1. The van der Waals surface area contributed by atoms with Crippen LogP contribution in [-0.4, -0.2) is 21.8 Å². The average molecular weight is 330 g/mol. The Kier molecular flexibility index (Phi) is 4.66. The van der Waals surface area contributed by atoms with Gasteiger partial charge in [0.1, 0.15) is 5.56 Å². The normalized spacial score (nSPS) is 15.0. The highest BCUT2D eigenvalue weighted by Crippen LogP contribution is 2.27. The maximum absolute atomic E-state index is 13.1. The summed E-state index contributed by atoms with van der Waals surface area (Å²) in [5, 5.41) is 4.10. The van der Waals surface area contributed by atoms with Gasteiger partial charge >= 0.3 is 0 Å². The third-order valence-corrected chi connectivity index (χ3v) is 5.26. The summed E-state index contributed by atoms with van der Waals surface area (Å²) in [6.45, 7) is 4.22. The molecule has 2 heterocycles. The molecule has 122 valence electrons. The van der Waals surface area contributed by atoms with Crippen LogP contribution in [-0.2, 0) is 6.54 Å². The van der Waals surface area contributed by atoms with Crippen LogP contribution in [0.4, 0.5) is 0 Å². The zero-order valence-electron chi connectivity index (χ0n) is 13.6. The van der Waals surface area contributed by atoms with Crippen molar-refractivity contribution in [3.05, 3.63) is 55.6 Å². The van der Waals surface area contributed by atoms with Crippen LogP contribution >= 0.6 is 11.3 Å². The summed E-state index contributed by atoms with van der Waals surface area (Å²) < 4.78 is 0. The number of carbonyl (C=O) groups excluding carboxylic acids is 1. The number of hydrogen-bond donors (Lipinski definition) is 1. The maximum Gasteiger partial charge on any atom is 0.260 e. The molecule has 0 aromatic carbocycles. The molecule has 1 aliphatic carbocycles. The van der Waals surface area contributed by atoms with Gasteiger partial charge < -0.3 is 9.88 Å². The first-order valence-electron chi connectivity index (χ1n) is 8.09. The number of hydrogen-bond acceptors (Lipinski definition) is 3. The van der Waals surface area contributed by atoms with Gasteiger partial charge in [0.15, 0.2) is 5.43 Å². The van der Waals surface area contributed by atoms with E-state index in [2.05, 4.69) is 10.4 Å². The fourth-order valence-electron chi connectivity index (χ4n) is 3.42. The summed E-state index contributed by atoms with van der Waals surface area (Å²) in [5.41, 5.74) is 2.69. The molecule has 3 rings (SSSR count). The number of aromatic nitrogens is 1. The van der Waals surface area contributed by atoms with Gasteiger partial charge in [-0.05, 0) is 49.1 Å². The Labute approximate surface area is 140 Å². The Bertz CT molecular complexity index is 743. The minimum absolute atomic E-state index is 0.137. The van der Waals surface area contributed by atoms with Crippen molar-refractivity contribution >= 4 is 17.2 Å². The molecule has 0 radical (unpaired) electrons. The van der Waals surface area contributed by atoms with Crippen LogP contribution in [0.1, 0.15) is 53.0 Å². The van der Waals surface area contributed by atoms with E-state index in [0.29, 0.717) is 12.2 Å². The highest BCUT2D eigenvalue weighted by molar-refractivity contribution is 7.07. The van der Waals surface area contributed by atoms with Crippen molar-refractivity contribution in [2.24, 2.45) is 0 Å². The summed E-state index contributed by atoms with van der Waals surface area (Å²) in [5.74, 6) is -0.137. The molecule has 0 saturated heterocycles. The first kappa shape index (κ1) is 16.0. The van der Waals surface area contributed by atoms with E-state index in [4.69, 9.17) is 0 Å². The molecule has 0 aliphatic heterocycles. The Balaban J connectivity index is 1.95. The Morgan fingerprint density at radius 2 is 2.09 bits per heavy atom. The van der Waals surface area contributed by atoms with E-state index in [1.807, 2.05) is 23.3 Å². The third-order valence-electron chi connectivity index (χ3n) is 4.53. The van der Waals surface area contributed by atoms with Crippen LogP contribution in [0.5, 0.6) is 0 Å². The molecule has 1 saturated carbocycles. The molecule has 23 heavy (non-hydrogen) atoms. The van der Waals surface area contributed by atoms with Crippen molar-refractivity contribution in [2.75, 3.05) is 0 Å². The second-order valence-electron chi connectivity index (χ2n) is 6.32. The highest BCUT2D eigenvalue weighted by Gasteiger charge is 2.29. The topological polar surface area (TPSA) is 53.2 Å². The number of amides is 1. The Morgan fingerprint density at radius 3 is 2.70 bits per heavy atom. The molecular weight excluding hydrogens is 308 g/mol. The summed E-state index contributed by atoms with van der Waals surface area (Å²) in [6.07, 6.45) is 4.36. The minimum atomic E-state index is -0.183. The predicted molar refractivity (Wildman–Crippen MR) is 93.0 cm³/mol. The number of thiophene rings is 1. The number of aryl methyl sites for hydroxylation is 2. The number of H-pyrrole nitrogens is 1. The number of nitrogens with zero attached hydrogens (tertiary/aromatic N) is 1. The molecule has 1 N–H and O–H groups in total. The molecule has 0 unspecified atom stereocenters. The molecule has 1 aliphatic rings. The summed E-state index contributed by atoms with van der Waals surface area (Å²) in [7, 11) is 0. The van der Waals surface area contributed by atoms with Gasteiger partial charge in [0.05, 0.1) is 0 Å². The SMILES string of the molecule is Cc1cc(=O)c(C(=O)N(Cc2ccsc2)C2CCCC2)c(C)[nH]1. The summed E-state index contributed by atoms with van der Waals surface area (Å²) in [6, 6.07) is 3.80. The molecule has 2 aromatic rings. The van der Waals surface area contributed by atoms with Crippen molar-refractivity contribution < 1.29 is 4.79 Å². The number of pyridine rings is 1. The minimum Gasteiger partial charge on any atom is -0.362 e. The first-order chi connectivity index (χ1) is 11.1. The first-order valence-corrected chi connectivity index (χ1v) is 9.03. The molecule has 4 nitrogen and oxygen atoms in total. The van der Waals surface area contributed by atoms with Crippen molar-refractivity contribution in [1.29, 1.82) is 0 Å². The molecular formula is C18H22N2O2S. The molecule has 0 bridgehead atoms. The van der Waals surface area contributed by atoms with Crippen molar-refractivity contribution in [2.45, 2.75) is 52.1 Å². The Morgan fingerprint density at radius 1 is 1.35 bits per heavy atom. The standard InChI is InChI=1S/C18H22N2O2S/c1-12-9-16(21)17(13(2)19-12)18(22)20(15-5-3-4-6-15)10-14-7-8-23-11-14/h7-9,11,15H,3-6,10H2,1-2H3,(H,19,21). The number of carbonyl (C=O) groups is 1. The lowest BCUT2D eigenvalue weighted by atomic mass is 10.1. The molecule has 0 spiro atoms. The van der Waals surface area contributed by atoms with E-state index in [1.54, 1.807) is 18.3 Å². The van der Waals surface area contributed by atoms with E-state index < -0.39 is 0 Å². The monoisotopic (exact) mass is 330 g/mol. The van der Waals surface area contributed by atoms with Crippen LogP contribution in [0.15, 0.2) is 27.7 Å². The second-order valence-corrected chi connectivity index (χ2v) is 7.10. The number of rotatable bonds is 4. The second kappa shape index (κ2) is 6.71. The van der Waals surface area contributed by atoms with Gasteiger partial charge in [-0.2, -0.15) is 11.3 Å². The van der Waals surface area contributed by atoms with Crippen LogP contribution in [0.25, 0.3) is 0 Å².